The Hall–Kier alpha value is -3.87. The van der Waals surface area contributed by atoms with Crippen molar-refractivity contribution < 1.29 is 9.59 Å². The van der Waals surface area contributed by atoms with Crippen LogP contribution in [-0.2, 0) is 0 Å². The summed E-state index contributed by atoms with van der Waals surface area (Å²) in [6, 6.07) is 17.8. The average Bonchev–Trinajstić information content (AvgIpc) is 3.46. The normalized spacial score (nSPS) is 16.1. The van der Waals surface area contributed by atoms with Crippen LogP contribution in [0.2, 0.25) is 0 Å². The molecule has 5 rings (SSSR count). The topological polar surface area (TPSA) is 80.5 Å². The fourth-order valence-corrected chi connectivity index (χ4v) is 3.94. The summed E-state index contributed by atoms with van der Waals surface area (Å²) < 4.78 is 1.80. The largest absolute Gasteiger partial charge is 0.328 e. The Morgan fingerprint density at radius 3 is 2.50 bits per heavy atom. The van der Waals surface area contributed by atoms with Crippen molar-refractivity contribution in [3.63, 3.8) is 0 Å². The SMILES string of the molecule is O=C(c1ccccc1)C1CCCN1C(=O)c1ccc(-c2nnc3ncccn23)cc1. The van der Waals surface area contributed by atoms with Gasteiger partial charge in [-0.1, -0.05) is 42.5 Å². The highest BCUT2D eigenvalue weighted by Crippen LogP contribution is 2.25. The number of amides is 1. The molecule has 7 heteroatoms. The zero-order chi connectivity index (χ0) is 20.5. The van der Waals surface area contributed by atoms with Crippen LogP contribution in [0.25, 0.3) is 17.2 Å². The third kappa shape index (κ3) is 3.14. The highest BCUT2D eigenvalue weighted by Gasteiger charge is 2.34. The van der Waals surface area contributed by atoms with Gasteiger partial charge in [0.05, 0.1) is 6.04 Å². The van der Waals surface area contributed by atoms with E-state index in [1.165, 1.54) is 0 Å². The van der Waals surface area contributed by atoms with Crippen molar-refractivity contribution in [2.24, 2.45) is 0 Å². The van der Waals surface area contributed by atoms with E-state index < -0.39 is 6.04 Å². The van der Waals surface area contributed by atoms with E-state index in [0.717, 1.165) is 12.0 Å². The molecule has 1 unspecified atom stereocenters. The molecule has 30 heavy (non-hydrogen) atoms. The molecule has 0 bridgehead atoms. The quantitative estimate of drug-likeness (QED) is 0.494. The predicted molar refractivity (Wildman–Crippen MR) is 111 cm³/mol. The van der Waals surface area contributed by atoms with Crippen molar-refractivity contribution in [1.29, 1.82) is 0 Å². The first-order valence-electron chi connectivity index (χ1n) is 9.89. The Labute approximate surface area is 173 Å². The molecular formula is C23H19N5O2. The molecule has 1 aliphatic rings. The van der Waals surface area contributed by atoms with Gasteiger partial charge in [-0.15, -0.1) is 10.2 Å². The summed E-state index contributed by atoms with van der Waals surface area (Å²) in [5.41, 5.74) is 2.04. The third-order valence-electron chi connectivity index (χ3n) is 5.45. The maximum Gasteiger partial charge on any atom is 0.255 e. The molecule has 1 saturated heterocycles. The van der Waals surface area contributed by atoms with Crippen LogP contribution < -0.4 is 0 Å². The van der Waals surface area contributed by atoms with Crippen molar-refractivity contribution >= 4 is 17.5 Å². The summed E-state index contributed by atoms with van der Waals surface area (Å²) in [6.45, 7) is 0.588. The van der Waals surface area contributed by atoms with Crippen LogP contribution in [0.1, 0.15) is 33.6 Å². The predicted octanol–water partition coefficient (Wildman–Crippen LogP) is 3.28. The van der Waals surface area contributed by atoms with Gasteiger partial charge in [-0.2, -0.15) is 0 Å². The van der Waals surface area contributed by atoms with Gasteiger partial charge in [-0.05, 0) is 31.0 Å². The van der Waals surface area contributed by atoms with E-state index in [4.69, 9.17) is 0 Å². The number of carbonyl (C=O) groups excluding carboxylic acids is 2. The van der Waals surface area contributed by atoms with Gasteiger partial charge in [-0.25, -0.2) is 4.98 Å². The van der Waals surface area contributed by atoms with Crippen molar-refractivity contribution in [3.8, 4) is 11.4 Å². The minimum atomic E-state index is -0.411. The maximum absolute atomic E-state index is 13.1. The van der Waals surface area contributed by atoms with Crippen LogP contribution >= 0.6 is 0 Å². The summed E-state index contributed by atoms with van der Waals surface area (Å²) in [5.74, 6) is 1.06. The lowest BCUT2D eigenvalue weighted by molar-refractivity contribution is 0.0671. The molecule has 2 aromatic carbocycles. The van der Waals surface area contributed by atoms with Gasteiger partial charge >= 0.3 is 0 Å². The lowest BCUT2D eigenvalue weighted by Crippen LogP contribution is -2.40. The van der Waals surface area contributed by atoms with E-state index in [9.17, 15) is 9.59 Å². The monoisotopic (exact) mass is 397 g/mol. The number of likely N-dealkylation sites (tertiary alicyclic amines) is 1. The van der Waals surface area contributed by atoms with Crippen LogP contribution in [0.4, 0.5) is 0 Å². The fraction of sp³-hybridized carbons (Fsp3) is 0.174. The number of hydrogen-bond donors (Lipinski definition) is 0. The molecule has 1 aliphatic heterocycles. The lowest BCUT2D eigenvalue weighted by atomic mass is 10.0. The van der Waals surface area contributed by atoms with Crippen LogP contribution in [0.3, 0.4) is 0 Å². The summed E-state index contributed by atoms with van der Waals surface area (Å²) in [5, 5.41) is 8.26. The number of Topliss-reactive ketones (excluding diaryl/α,β-unsaturated/α-hetero) is 1. The molecule has 0 radical (unpaired) electrons. The van der Waals surface area contributed by atoms with Gasteiger partial charge in [0.15, 0.2) is 11.6 Å². The number of ketones is 1. The number of fused-ring (bicyclic) bond motifs is 1. The van der Waals surface area contributed by atoms with E-state index in [1.54, 1.807) is 39.8 Å². The minimum absolute atomic E-state index is 0.000463. The van der Waals surface area contributed by atoms with Crippen LogP contribution in [-0.4, -0.2) is 48.8 Å². The number of aromatic nitrogens is 4. The van der Waals surface area contributed by atoms with Crippen LogP contribution in [0.5, 0.6) is 0 Å². The summed E-state index contributed by atoms with van der Waals surface area (Å²) in [6.07, 6.45) is 5.03. The number of benzene rings is 2. The molecule has 7 nitrogen and oxygen atoms in total. The van der Waals surface area contributed by atoms with Crippen molar-refractivity contribution in [1.82, 2.24) is 24.5 Å². The molecule has 0 aliphatic carbocycles. The molecule has 1 atom stereocenters. The van der Waals surface area contributed by atoms with Crippen molar-refractivity contribution in [2.45, 2.75) is 18.9 Å². The van der Waals surface area contributed by atoms with Gasteiger partial charge < -0.3 is 4.90 Å². The molecule has 4 aromatic rings. The highest BCUT2D eigenvalue weighted by molar-refractivity contribution is 6.04. The van der Waals surface area contributed by atoms with Crippen molar-refractivity contribution in [3.05, 3.63) is 84.2 Å². The maximum atomic E-state index is 13.1. The molecule has 1 fully saturated rings. The van der Waals surface area contributed by atoms with Gasteiger partial charge in [0.2, 0.25) is 0 Å². The Morgan fingerprint density at radius 1 is 0.900 bits per heavy atom. The van der Waals surface area contributed by atoms with E-state index >= 15 is 0 Å². The minimum Gasteiger partial charge on any atom is -0.328 e. The second kappa shape index (κ2) is 7.51. The first-order chi connectivity index (χ1) is 14.7. The molecule has 3 heterocycles. The van der Waals surface area contributed by atoms with Gasteiger partial charge in [0.1, 0.15) is 0 Å². The van der Waals surface area contributed by atoms with Crippen LogP contribution in [0, 0.1) is 0 Å². The van der Waals surface area contributed by atoms with Gasteiger partial charge in [0.25, 0.3) is 11.7 Å². The van der Waals surface area contributed by atoms with Gasteiger partial charge in [0, 0.05) is 35.6 Å². The molecule has 0 N–H and O–H groups in total. The number of nitrogens with zero attached hydrogens (tertiary/aromatic N) is 5. The molecule has 1 amide bonds. The third-order valence-corrected chi connectivity index (χ3v) is 5.45. The molecule has 2 aromatic heterocycles. The van der Waals surface area contributed by atoms with E-state index in [0.29, 0.717) is 35.7 Å². The first-order valence-corrected chi connectivity index (χ1v) is 9.89. The van der Waals surface area contributed by atoms with Gasteiger partial charge in [-0.3, -0.25) is 14.0 Å². The smallest absolute Gasteiger partial charge is 0.255 e. The molecule has 0 saturated carbocycles. The highest BCUT2D eigenvalue weighted by atomic mass is 16.2. The summed E-state index contributed by atoms with van der Waals surface area (Å²) in [7, 11) is 0. The average molecular weight is 397 g/mol. The number of rotatable bonds is 4. The van der Waals surface area contributed by atoms with Crippen molar-refractivity contribution in [2.75, 3.05) is 6.54 Å². The first kappa shape index (κ1) is 18.2. The fourth-order valence-electron chi connectivity index (χ4n) is 3.94. The Morgan fingerprint density at radius 2 is 1.70 bits per heavy atom. The van der Waals surface area contributed by atoms with E-state index in [2.05, 4.69) is 15.2 Å². The second-order valence-corrected chi connectivity index (χ2v) is 7.28. The zero-order valence-electron chi connectivity index (χ0n) is 16.2. The molecular weight excluding hydrogens is 378 g/mol. The van der Waals surface area contributed by atoms with E-state index in [1.807, 2.05) is 42.6 Å². The Kier molecular flexibility index (Phi) is 4.55. The number of hydrogen-bond acceptors (Lipinski definition) is 5. The Balaban J connectivity index is 1.39. The molecule has 0 spiro atoms. The zero-order valence-corrected chi connectivity index (χ0v) is 16.2. The summed E-state index contributed by atoms with van der Waals surface area (Å²) >= 11 is 0. The standard InChI is InChI=1S/C23H19N5O2/c29-20(16-6-2-1-3-7-16)19-8-4-14-27(19)22(30)18-11-9-17(10-12-18)21-25-26-23-24-13-5-15-28(21)23/h1-3,5-7,9-13,15,19H,4,8,14H2. The van der Waals surface area contributed by atoms with E-state index in [-0.39, 0.29) is 11.7 Å². The molecule has 148 valence electrons. The number of carbonyl (C=O) groups is 2. The lowest BCUT2D eigenvalue weighted by Gasteiger charge is -2.24. The second-order valence-electron chi connectivity index (χ2n) is 7.28. The Bertz CT molecular complexity index is 1220. The summed E-state index contributed by atoms with van der Waals surface area (Å²) in [4.78, 5) is 31.9. The van der Waals surface area contributed by atoms with Crippen LogP contribution in [0.15, 0.2) is 73.1 Å².